The molecule has 5 rings (SSSR count). The van der Waals surface area contributed by atoms with Crippen molar-refractivity contribution in [1.29, 1.82) is 0 Å². The number of para-hydroxylation sites is 4. The van der Waals surface area contributed by atoms with Crippen molar-refractivity contribution in [2.45, 2.75) is 26.2 Å². The van der Waals surface area contributed by atoms with Crippen LogP contribution < -0.4 is 21.3 Å². The van der Waals surface area contributed by atoms with Crippen LogP contribution in [0.15, 0.2) is 97.1 Å². The monoisotopic (exact) mass is 420 g/mol. The summed E-state index contributed by atoms with van der Waals surface area (Å²) in [5.41, 5.74) is 9.61. The summed E-state index contributed by atoms with van der Waals surface area (Å²) in [4.78, 5) is 0. The smallest absolute Gasteiger partial charge is 0.0578 e. The second kappa shape index (κ2) is 9.48. The molecule has 160 valence electrons. The lowest BCUT2D eigenvalue weighted by molar-refractivity contribution is 1.03. The van der Waals surface area contributed by atoms with Gasteiger partial charge in [0.05, 0.1) is 11.4 Å². The molecule has 0 atom stereocenters. The van der Waals surface area contributed by atoms with E-state index in [-0.39, 0.29) is 0 Å². The third kappa shape index (κ3) is 4.54. The van der Waals surface area contributed by atoms with E-state index in [9.17, 15) is 0 Å². The van der Waals surface area contributed by atoms with Gasteiger partial charge in [0.25, 0.3) is 0 Å². The van der Waals surface area contributed by atoms with Crippen molar-refractivity contribution >= 4 is 22.7 Å². The predicted molar refractivity (Wildman–Crippen MR) is 135 cm³/mol. The Morgan fingerprint density at radius 1 is 0.312 bits per heavy atom. The quantitative estimate of drug-likeness (QED) is 0.264. The fraction of sp³-hybridized carbons (Fsp3) is 0.143. The normalized spacial score (nSPS) is 13.5. The number of anilines is 4. The van der Waals surface area contributed by atoms with Crippen LogP contribution in [0.4, 0.5) is 22.7 Å². The summed E-state index contributed by atoms with van der Waals surface area (Å²) < 4.78 is 0. The summed E-state index contributed by atoms with van der Waals surface area (Å²) >= 11 is 0. The van der Waals surface area contributed by atoms with E-state index in [4.69, 9.17) is 0 Å². The standard InChI is InChI=1S/C28H28N4/c1-2-10-22-18-30-26-14-6-4-12-24(26)20-32-28-16-8-7-15-27(28)31-19-23-11-3-5-13-25(23)29-17-21(22)9-1/h1-16,29-32H,17-20H2. The van der Waals surface area contributed by atoms with Crippen LogP contribution in [0.5, 0.6) is 0 Å². The Hall–Kier alpha value is -3.92. The molecule has 0 saturated heterocycles. The summed E-state index contributed by atoms with van der Waals surface area (Å²) in [6.07, 6.45) is 0. The van der Waals surface area contributed by atoms with E-state index < -0.39 is 0 Å². The van der Waals surface area contributed by atoms with Gasteiger partial charge in [-0.05, 0) is 46.5 Å². The fourth-order valence-corrected chi connectivity index (χ4v) is 4.15. The lowest BCUT2D eigenvalue weighted by Gasteiger charge is -2.19. The average Bonchev–Trinajstić information content (AvgIpc) is 2.85. The van der Waals surface area contributed by atoms with E-state index in [2.05, 4.69) is 118 Å². The molecule has 0 aromatic heterocycles. The first-order valence-electron chi connectivity index (χ1n) is 11.1. The van der Waals surface area contributed by atoms with Gasteiger partial charge in [0.2, 0.25) is 0 Å². The summed E-state index contributed by atoms with van der Waals surface area (Å²) in [6, 6.07) is 34.1. The van der Waals surface area contributed by atoms with Crippen LogP contribution >= 0.6 is 0 Å². The maximum absolute atomic E-state index is 3.66. The lowest BCUT2D eigenvalue weighted by Crippen LogP contribution is -2.12. The second-order valence-corrected chi connectivity index (χ2v) is 8.04. The molecule has 0 bridgehead atoms. The fourth-order valence-electron chi connectivity index (χ4n) is 4.15. The second-order valence-electron chi connectivity index (χ2n) is 8.04. The number of benzene rings is 4. The Bertz CT molecular complexity index is 919. The third-order valence-electron chi connectivity index (χ3n) is 5.96. The number of fused-ring (bicyclic) bond motifs is 4. The van der Waals surface area contributed by atoms with Crippen molar-refractivity contribution in [2.24, 2.45) is 0 Å². The Kier molecular flexibility index (Phi) is 5.93. The highest BCUT2D eigenvalue weighted by molar-refractivity contribution is 5.69. The van der Waals surface area contributed by atoms with E-state index in [1.54, 1.807) is 0 Å². The molecule has 32 heavy (non-hydrogen) atoms. The van der Waals surface area contributed by atoms with Crippen molar-refractivity contribution in [3.63, 3.8) is 0 Å². The Morgan fingerprint density at radius 3 is 1.03 bits per heavy atom. The van der Waals surface area contributed by atoms with Gasteiger partial charge in [-0.15, -0.1) is 0 Å². The minimum Gasteiger partial charge on any atom is -0.381 e. The van der Waals surface area contributed by atoms with Gasteiger partial charge < -0.3 is 21.3 Å². The van der Waals surface area contributed by atoms with E-state index in [1.165, 1.54) is 22.3 Å². The van der Waals surface area contributed by atoms with Crippen LogP contribution in [0.1, 0.15) is 22.3 Å². The third-order valence-corrected chi connectivity index (χ3v) is 5.96. The van der Waals surface area contributed by atoms with Gasteiger partial charge in [-0.2, -0.15) is 0 Å². The minimum atomic E-state index is 0.752. The van der Waals surface area contributed by atoms with E-state index in [1.807, 2.05) is 0 Å². The summed E-state index contributed by atoms with van der Waals surface area (Å²) in [6.45, 7) is 3.08. The molecule has 0 saturated carbocycles. The highest BCUT2D eigenvalue weighted by atomic mass is 15.0. The van der Waals surface area contributed by atoms with Gasteiger partial charge in [-0.25, -0.2) is 0 Å². The topological polar surface area (TPSA) is 48.1 Å². The van der Waals surface area contributed by atoms with Gasteiger partial charge in [0.15, 0.2) is 0 Å². The molecule has 4 nitrogen and oxygen atoms in total. The molecule has 0 aliphatic carbocycles. The van der Waals surface area contributed by atoms with Crippen molar-refractivity contribution in [3.8, 4) is 0 Å². The lowest BCUT2D eigenvalue weighted by atomic mass is 10.1. The molecule has 4 heteroatoms. The van der Waals surface area contributed by atoms with Gasteiger partial charge in [0.1, 0.15) is 0 Å². The number of hydrogen-bond acceptors (Lipinski definition) is 4. The largest absolute Gasteiger partial charge is 0.381 e. The molecule has 0 fully saturated rings. The summed E-state index contributed by atoms with van der Waals surface area (Å²) in [5.74, 6) is 0. The number of rotatable bonds is 0. The van der Waals surface area contributed by atoms with E-state index >= 15 is 0 Å². The molecular formula is C28H28N4. The van der Waals surface area contributed by atoms with Crippen LogP contribution in [-0.4, -0.2) is 0 Å². The van der Waals surface area contributed by atoms with Crippen LogP contribution in [0.2, 0.25) is 0 Å². The van der Waals surface area contributed by atoms with Crippen LogP contribution in [0.25, 0.3) is 0 Å². The molecule has 0 radical (unpaired) electrons. The predicted octanol–water partition coefficient (Wildman–Crippen LogP) is 6.45. The van der Waals surface area contributed by atoms with Crippen LogP contribution in [-0.2, 0) is 26.2 Å². The van der Waals surface area contributed by atoms with Crippen molar-refractivity contribution in [3.05, 3.63) is 119 Å². The maximum atomic E-state index is 3.66. The van der Waals surface area contributed by atoms with Gasteiger partial charge in [-0.3, -0.25) is 0 Å². The maximum Gasteiger partial charge on any atom is 0.0578 e. The van der Waals surface area contributed by atoms with Crippen LogP contribution in [0, 0.1) is 0 Å². The van der Waals surface area contributed by atoms with Gasteiger partial charge in [0, 0.05) is 37.6 Å². The first-order chi connectivity index (χ1) is 15.9. The van der Waals surface area contributed by atoms with Crippen molar-refractivity contribution in [2.75, 3.05) is 21.3 Å². The molecule has 0 spiro atoms. The summed E-state index contributed by atoms with van der Waals surface area (Å²) in [5, 5.41) is 14.6. The zero-order valence-corrected chi connectivity index (χ0v) is 18.1. The van der Waals surface area contributed by atoms with Crippen molar-refractivity contribution in [1.82, 2.24) is 0 Å². The Morgan fingerprint density at radius 2 is 0.594 bits per heavy atom. The molecule has 4 aromatic rings. The molecule has 1 heterocycles. The van der Waals surface area contributed by atoms with Crippen molar-refractivity contribution < 1.29 is 0 Å². The highest BCUT2D eigenvalue weighted by Gasteiger charge is 2.09. The Balaban J connectivity index is 1.50. The van der Waals surface area contributed by atoms with E-state index in [0.29, 0.717) is 0 Å². The molecule has 4 N–H and O–H groups in total. The SMILES string of the molecule is c1ccc2c(c1)CNc1ccccc1CNc1ccccc1NCc1ccccc1NC2. The first kappa shape index (κ1) is 20.0. The van der Waals surface area contributed by atoms with Gasteiger partial charge in [-0.1, -0.05) is 72.8 Å². The molecule has 4 aromatic carbocycles. The van der Waals surface area contributed by atoms with Crippen LogP contribution in [0.3, 0.4) is 0 Å². The molecule has 0 amide bonds. The molecular weight excluding hydrogens is 392 g/mol. The number of nitrogens with one attached hydrogen (secondary N) is 4. The summed E-state index contributed by atoms with van der Waals surface area (Å²) in [7, 11) is 0. The average molecular weight is 421 g/mol. The minimum absolute atomic E-state index is 0.752. The first-order valence-corrected chi connectivity index (χ1v) is 11.1. The molecule has 1 aliphatic heterocycles. The molecule has 1 aliphatic rings. The molecule has 0 unspecified atom stereocenters. The number of hydrogen-bond donors (Lipinski definition) is 4. The Labute approximate surface area is 189 Å². The van der Waals surface area contributed by atoms with E-state index in [0.717, 1.165) is 48.9 Å². The zero-order valence-electron chi connectivity index (χ0n) is 18.1. The zero-order chi connectivity index (χ0) is 21.6. The highest BCUT2D eigenvalue weighted by Crippen LogP contribution is 2.26. The van der Waals surface area contributed by atoms with Gasteiger partial charge >= 0.3 is 0 Å².